The monoisotopic (exact) mass is 354 g/mol. The number of aryl methyl sites for hydroxylation is 2. The molecule has 1 atom stereocenters. The van der Waals surface area contributed by atoms with Gasteiger partial charge in [-0.1, -0.05) is 0 Å². The molecule has 1 unspecified atom stereocenters. The SMILES string of the molecule is Cc1cc(S(=O)(=O)NCC(c2ccco2)N2CCCC2)c(C)s1. The molecular weight excluding hydrogens is 332 g/mol. The lowest BCUT2D eigenvalue weighted by atomic mass is 10.2. The summed E-state index contributed by atoms with van der Waals surface area (Å²) >= 11 is 1.51. The van der Waals surface area contributed by atoms with Gasteiger partial charge in [0.1, 0.15) is 5.76 Å². The zero-order valence-electron chi connectivity index (χ0n) is 13.4. The highest BCUT2D eigenvalue weighted by molar-refractivity contribution is 7.89. The number of nitrogens with zero attached hydrogens (tertiary/aromatic N) is 1. The molecule has 2 aromatic rings. The maximum atomic E-state index is 12.6. The summed E-state index contributed by atoms with van der Waals surface area (Å²) in [5.41, 5.74) is 0. The lowest BCUT2D eigenvalue weighted by molar-refractivity contribution is 0.216. The Morgan fingerprint density at radius 2 is 2.09 bits per heavy atom. The van der Waals surface area contributed by atoms with Crippen molar-refractivity contribution in [1.29, 1.82) is 0 Å². The van der Waals surface area contributed by atoms with Crippen molar-refractivity contribution in [1.82, 2.24) is 9.62 Å². The van der Waals surface area contributed by atoms with Gasteiger partial charge in [0.05, 0.1) is 17.2 Å². The Bertz CT molecular complexity index is 744. The van der Waals surface area contributed by atoms with Gasteiger partial charge in [0.2, 0.25) is 10.0 Å². The van der Waals surface area contributed by atoms with Crippen LogP contribution in [0.4, 0.5) is 0 Å². The highest BCUT2D eigenvalue weighted by Crippen LogP contribution is 2.27. The Labute approximate surface area is 141 Å². The smallest absolute Gasteiger partial charge is 0.241 e. The maximum absolute atomic E-state index is 12.6. The number of hydrogen-bond donors (Lipinski definition) is 1. The molecule has 0 aliphatic carbocycles. The first kappa shape index (κ1) is 16.7. The van der Waals surface area contributed by atoms with Crippen LogP contribution in [0.25, 0.3) is 0 Å². The molecule has 0 saturated carbocycles. The minimum atomic E-state index is -3.49. The third-order valence-electron chi connectivity index (χ3n) is 4.20. The van der Waals surface area contributed by atoms with Gasteiger partial charge in [-0.2, -0.15) is 0 Å². The second-order valence-corrected chi connectivity index (χ2v) is 9.10. The van der Waals surface area contributed by atoms with E-state index < -0.39 is 10.0 Å². The lowest BCUT2D eigenvalue weighted by Gasteiger charge is -2.25. The molecular formula is C16H22N2O3S2. The van der Waals surface area contributed by atoms with Crippen molar-refractivity contribution in [3.8, 4) is 0 Å². The zero-order valence-corrected chi connectivity index (χ0v) is 15.0. The van der Waals surface area contributed by atoms with Crippen LogP contribution in [0.5, 0.6) is 0 Å². The van der Waals surface area contributed by atoms with E-state index in [0.29, 0.717) is 11.4 Å². The highest BCUT2D eigenvalue weighted by atomic mass is 32.2. The van der Waals surface area contributed by atoms with E-state index in [-0.39, 0.29) is 6.04 Å². The lowest BCUT2D eigenvalue weighted by Crippen LogP contribution is -2.36. The maximum Gasteiger partial charge on any atom is 0.241 e. The molecule has 3 heterocycles. The molecule has 0 spiro atoms. The quantitative estimate of drug-likeness (QED) is 0.866. The molecule has 0 amide bonds. The molecule has 0 radical (unpaired) electrons. The van der Waals surface area contributed by atoms with Gasteiger partial charge in [-0.15, -0.1) is 11.3 Å². The average Bonchev–Trinajstić information content (AvgIpc) is 3.21. The van der Waals surface area contributed by atoms with Crippen LogP contribution >= 0.6 is 11.3 Å². The number of thiophene rings is 1. The molecule has 0 aromatic carbocycles. The Kier molecular flexibility index (Phi) is 4.91. The molecule has 1 aliphatic heterocycles. The van der Waals surface area contributed by atoms with Crippen molar-refractivity contribution >= 4 is 21.4 Å². The van der Waals surface area contributed by atoms with Crippen molar-refractivity contribution in [2.24, 2.45) is 0 Å². The van der Waals surface area contributed by atoms with E-state index in [2.05, 4.69) is 9.62 Å². The van der Waals surface area contributed by atoms with Gasteiger partial charge >= 0.3 is 0 Å². The Morgan fingerprint density at radius 1 is 1.35 bits per heavy atom. The van der Waals surface area contributed by atoms with E-state index in [0.717, 1.165) is 41.4 Å². The van der Waals surface area contributed by atoms with Crippen LogP contribution in [0.3, 0.4) is 0 Å². The molecule has 7 heteroatoms. The van der Waals surface area contributed by atoms with Gasteiger partial charge in [0.25, 0.3) is 0 Å². The first-order valence-corrected chi connectivity index (χ1v) is 10.1. The summed E-state index contributed by atoms with van der Waals surface area (Å²) in [4.78, 5) is 4.50. The van der Waals surface area contributed by atoms with Crippen LogP contribution in [0.2, 0.25) is 0 Å². The number of furan rings is 1. The minimum absolute atomic E-state index is 0.0534. The number of rotatable bonds is 6. The van der Waals surface area contributed by atoms with E-state index >= 15 is 0 Å². The van der Waals surface area contributed by atoms with Gasteiger partial charge in [0, 0.05) is 16.3 Å². The number of sulfonamides is 1. The fraction of sp³-hybridized carbons (Fsp3) is 0.500. The average molecular weight is 354 g/mol. The summed E-state index contributed by atoms with van der Waals surface area (Å²) in [6.45, 7) is 6.04. The molecule has 23 heavy (non-hydrogen) atoms. The molecule has 2 aromatic heterocycles. The van der Waals surface area contributed by atoms with Gasteiger partial charge < -0.3 is 4.42 Å². The number of hydrogen-bond acceptors (Lipinski definition) is 5. The summed E-state index contributed by atoms with van der Waals surface area (Å²) in [6.07, 6.45) is 3.93. The third-order valence-corrected chi connectivity index (χ3v) is 6.85. The predicted molar refractivity (Wildman–Crippen MR) is 91.2 cm³/mol. The first-order chi connectivity index (χ1) is 11.0. The second kappa shape index (κ2) is 6.76. The summed E-state index contributed by atoms with van der Waals surface area (Å²) in [5, 5.41) is 0. The van der Waals surface area contributed by atoms with E-state index in [9.17, 15) is 8.42 Å². The Morgan fingerprint density at radius 3 is 2.65 bits per heavy atom. The van der Waals surface area contributed by atoms with Crippen LogP contribution in [-0.4, -0.2) is 33.0 Å². The normalized spacial score (nSPS) is 17.7. The highest BCUT2D eigenvalue weighted by Gasteiger charge is 2.28. The Hall–Kier alpha value is -1.15. The molecule has 1 saturated heterocycles. The fourth-order valence-corrected chi connectivity index (χ4v) is 5.68. The second-order valence-electron chi connectivity index (χ2n) is 5.90. The van der Waals surface area contributed by atoms with Gasteiger partial charge in [-0.3, -0.25) is 4.90 Å². The fourth-order valence-electron chi connectivity index (χ4n) is 3.08. The van der Waals surface area contributed by atoms with Crippen molar-refractivity contribution in [2.45, 2.75) is 37.6 Å². The first-order valence-electron chi connectivity index (χ1n) is 7.81. The summed E-state index contributed by atoms with van der Waals surface area (Å²) in [7, 11) is -3.49. The molecule has 3 rings (SSSR count). The third kappa shape index (κ3) is 3.68. The van der Waals surface area contributed by atoms with E-state index in [1.165, 1.54) is 11.3 Å². The molecule has 1 aliphatic rings. The number of nitrogens with one attached hydrogen (secondary N) is 1. The largest absolute Gasteiger partial charge is 0.468 e. The zero-order chi connectivity index (χ0) is 16.4. The van der Waals surface area contributed by atoms with Gasteiger partial charge in [0.15, 0.2) is 0 Å². The summed E-state index contributed by atoms with van der Waals surface area (Å²) in [6, 6.07) is 5.44. The molecule has 126 valence electrons. The molecule has 0 bridgehead atoms. The van der Waals surface area contributed by atoms with Crippen molar-refractivity contribution < 1.29 is 12.8 Å². The summed E-state index contributed by atoms with van der Waals surface area (Å²) in [5.74, 6) is 0.813. The van der Waals surface area contributed by atoms with Crippen LogP contribution in [0, 0.1) is 13.8 Å². The Balaban J connectivity index is 1.77. The van der Waals surface area contributed by atoms with E-state index in [1.807, 2.05) is 26.0 Å². The van der Waals surface area contributed by atoms with Crippen LogP contribution in [0.15, 0.2) is 33.8 Å². The van der Waals surface area contributed by atoms with Crippen molar-refractivity contribution in [3.05, 3.63) is 40.0 Å². The minimum Gasteiger partial charge on any atom is -0.468 e. The predicted octanol–water partition coefficient (Wildman–Crippen LogP) is 3.07. The van der Waals surface area contributed by atoms with E-state index in [4.69, 9.17) is 4.42 Å². The summed E-state index contributed by atoms with van der Waals surface area (Å²) < 4.78 is 33.5. The van der Waals surface area contributed by atoms with Crippen LogP contribution < -0.4 is 4.72 Å². The molecule has 1 N–H and O–H groups in total. The van der Waals surface area contributed by atoms with E-state index in [1.54, 1.807) is 12.3 Å². The molecule has 5 nitrogen and oxygen atoms in total. The van der Waals surface area contributed by atoms with Gasteiger partial charge in [-0.05, 0) is 58.0 Å². The van der Waals surface area contributed by atoms with Gasteiger partial charge in [-0.25, -0.2) is 13.1 Å². The van der Waals surface area contributed by atoms with Crippen molar-refractivity contribution in [2.75, 3.05) is 19.6 Å². The van der Waals surface area contributed by atoms with Crippen molar-refractivity contribution in [3.63, 3.8) is 0 Å². The van der Waals surface area contributed by atoms with Crippen LogP contribution in [-0.2, 0) is 10.0 Å². The topological polar surface area (TPSA) is 62.6 Å². The molecule has 1 fully saturated rings. The van der Waals surface area contributed by atoms with Crippen LogP contribution in [0.1, 0.15) is 34.4 Å². The number of likely N-dealkylation sites (tertiary alicyclic amines) is 1. The standard InChI is InChI=1S/C16H22N2O3S2/c1-12-10-16(13(2)22-12)23(19,20)17-11-14(15-6-5-9-21-15)18-7-3-4-8-18/h5-6,9-10,14,17H,3-4,7-8,11H2,1-2H3.